The maximum Gasteiger partial charge on any atom is 0.154 e. The summed E-state index contributed by atoms with van der Waals surface area (Å²) < 4.78 is 0. The molecule has 0 atom stereocenters. The van der Waals surface area contributed by atoms with Crippen LogP contribution in [0.1, 0.15) is 18.4 Å². The van der Waals surface area contributed by atoms with Gasteiger partial charge in [-0.25, -0.2) is 0 Å². The normalized spacial score (nSPS) is 18.4. The third-order valence-corrected chi connectivity index (χ3v) is 4.89. The van der Waals surface area contributed by atoms with Crippen molar-refractivity contribution in [3.05, 3.63) is 29.8 Å². The van der Waals surface area contributed by atoms with Gasteiger partial charge < -0.3 is 0 Å². The molecule has 1 fully saturated rings. The molecule has 1 aliphatic rings. The standard InChI is InChI=1S/C11H15S/c1-10-4-6-11(7-5-10)12-8-2-3-9-12/h4-7H,2-3,8-9H2,1H3/q+1. The molecule has 1 aliphatic heterocycles. The lowest BCUT2D eigenvalue weighted by Crippen LogP contribution is -2.03. The molecule has 1 heterocycles. The minimum atomic E-state index is 0.601. The van der Waals surface area contributed by atoms with Crippen LogP contribution in [0, 0.1) is 6.92 Å². The lowest BCUT2D eigenvalue weighted by molar-refractivity contribution is 0.949. The van der Waals surface area contributed by atoms with Crippen molar-refractivity contribution in [2.75, 3.05) is 11.5 Å². The molecule has 64 valence electrons. The summed E-state index contributed by atoms with van der Waals surface area (Å²) in [5.74, 6) is 2.87. The van der Waals surface area contributed by atoms with Crippen molar-refractivity contribution >= 4 is 10.9 Å². The van der Waals surface area contributed by atoms with Crippen LogP contribution in [0.2, 0.25) is 0 Å². The molecule has 1 saturated heterocycles. The monoisotopic (exact) mass is 179 g/mol. The fourth-order valence-corrected chi connectivity index (χ4v) is 3.92. The van der Waals surface area contributed by atoms with Crippen molar-refractivity contribution < 1.29 is 0 Å². The van der Waals surface area contributed by atoms with E-state index in [1.807, 2.05) is 0 Å². The Morgan fingerprint density at radius 2 is 1.58 bits per heavy atom. The second kappa shape index (κ2) is 3.53. The van der Waals surface area contributed by atoms with E-state index in [1.165, 1.54) is 29.9 Å². The van der Waals surface area contributed by atoms with Crippen LogP contribution < -0.4 is 0 Å². The predicted octanol–water partition coefficient (Wildman–Crippen LogP) is 2.77. The zero-order valence-electron chi connectivity index (χ0n) is 7.55. The van der Waals surface area contributed by atoms with Gasteiger partial charge in [-0.15, -0.1) is 0 Å². The first-order valence-electron chi connectivity index (χ1n) is 4.60. The molecular weight excluding hydrogens is 164 g/mol. The molecule has 0 amide bonds. The summed E-state index contributed by atoms with van der Waals surface area (Å²) in [7, 11) is 0.601. The largest absolute Gasteiger partial charge is 0.154 e. The Morgan fingerprint density at radius 1 is 1.00 bits per heavy atom. The number of benzene rings is 1. The highest BCUT2D eigenvalue weighted by Crippen LogP contribution is 2.22. The molecule has 12 heavy (non-hydrogen) atoms. The Morgan fingerprint density at radius 3 is 2.17 bits per heavy atom. The van der Waals surface area contributed by atoms with Crippen molar-refractivity contribution in [3.8, 4) is 0 Å². The topological polar surface area (TPSA) is 0 Å². The van der Waals surface area contributed by atoms with E-state index < -0.39 is 0 Å². The minimum Gasteiger partial charge on any atom is -0.0543 e. The molecule has 1 aromatic carbocycles. The second-order valence-electron chi connectivity index (χ2n) is 3.42. The summed E-state index contributed by atoms with van der Waals surface area (Å²) in [6, 6.07) is 9.09. The third-order valence-electron chi connectivity index (χ3n) is 2.39. The van der Waals surface area contributed by atoms with Gasteiger partial charge in [0.05, 0.1) is 0 Å². The van der Waals surface area contributed by atoms with Crippen molar-refractivity contribution in [1.29, 1.82) is 0 Å². The maximum absolute atomic E-state index is 2.31. The van der Waals surface area contributed by atoms with Crippen LogP contribution in [0.25, 0.3) is 0 Å². The molecule has 0 unspecified atom stereocenters. The van der Waals surface area contributed by atoms with Gasteiger partial charge in [-0.2, -0.15) is 0 Å². The van der Waals surface area contributed by atoms with Gasteiger partial charge in [0, 0.05) is 10.9 Å². The number of rotatable bonds is 1. The van der Waals surface area contributed by atoms with Gasteiger partial charge in [-0.05, 0) is 31.9 Å². The zero-order valence-corrected chi connectivity index (χ0v) is 8.36. The van der Waals surface area contributed by atoms with Crippen LogP contribution >= 0.6 is 0 Å². The van der Waals surface area contributed by atoms with Crippen molar-refractivity contribution in [2.45, 2.75) is 24.7 Å². The van der Waals surface area contributed by atoms with Crippen LogP contribution in [0.3, 0.4) is 0 Å². The third kappa shape index (κ3) is 1.66. The van der Waals surface area contributed by atoms with Gasteiger partial charge >= 0.3 is 0 Å². The van der Waals surface area contributed by atoms with Crippen LogP contribution in [0.15, 0.2) is 29.2 Å². The minimum absolute atomic E-state index is 0.601. The van der Waals surface area contributed by atoms with Gasteiger partial charge in [0.15, 0.2) is 4.90 Å². The van der Waals surface area contributed by atoms with Gasteiger partial charge in [0.1, 0.15) is 11.5 Å². The van der Waals surface area contributed by atoms with Crippen molar-refractivity contribution in [2.24, 2.45) is 0 Å². The average molecular weight is 179 g/mol. The second-order valence-corrected chi connectivity index (χ2v) is 5.69. The van der Waals surface area contributed by atoms with E-state index in [2.05, 4.69) is 31.2 Å². The Labute approximate surface area is 77.3 Å². The van der Waals surface area contributed by atoms with E-state index in [-0.39, 0.29) is 0 Å². The summed E-state index contributed by atoms with van der Waals surface area (Å²) in [6.07, 6.45) is 2.88. The molecule has 0 spiro atoms. The van der Waals surface area contributed by atoms with Crippen LogP contribution in [-0.4, -0.2) is 11.5 Å². The molecule has 2 rings (SSSR count). The fourth-order valence-electron chi connectivity index (χ4n) is 1.62. The van der Waals surface area contributed by atoms with Crippen LogP contribution in [0.4, 0.5) is 0 Å². The first-order chi connectivity index (χ1) is 5.86. The Kier molecular flexibility index (Phi) is 2.40. The summed E-state index contributed by atoms with van der Waals surface area (Å²) in [6.45, 7) is 2.15. The maximum atomic E-state index is 2.31. The van der Waals surface area contributed by atoms with Crippen LogP contribution in [-0.2, 0) is 10.9 Å². The summed E-state index contributed by atoms with van der Waals surface area (Å²) >= 11 is 0. The first-order valence-corrected chi connectivity index (χ1v) is 6.17. The zero-order chi connectivity index (χ0) is 8.39. The van der Waals surface area contributed by atoms with Gasteiger partial charge in [-0.1, -0.05) is 17.7 Å². The molecule has 0 aliphatic carbocycles. The molecule has 0 nitrogen and oxygen atoms in total. The molecule has 0 saturated carbocycles. The molecular formula is C11H15S+. The predicted molar refractivity (Wildman–Crippen MR) is 55.8 cm³/mol. The number of hydrogen-bond donors (Lipinski definition) is 0. The fraction of sp³-hybridized carbons (Fsp3) is 0.455. The van der Waals surface area contributed by atoms with E-state index in [0.29, 0.717) is 10.9 Å². The van der Waals surface area contributed by atoms with Crippen molar-refractivity contribution in [3.63, 3.8) is 0 Å². The van der Waals surface area contributed by atoms with Crippen LogP contribution in [0.5, 0.6) is 0 Å². The highest BCUT2D eigenvalue weighted by molar-refractivity contribution is 7.97. The SMILES string of the molecule is Cc1ccc([S+]2CCCC2)cc1. The molecule has 1 heteroatoms. The van der Waals surface area contributed by atoms with E-state index in [0.717, 1.165) is 0 Å². The van der Waals surface area contributed by atoms with E-state index in [9.17, 15) is 0 Å². The molecule has 0 radical (unpaired) electrons. The smallest absolute Gasteiger partial charge is 0.0543 e. The van der Waals surface area contributed by atoms with Gasteiger partial charge in [0.2, 0.25) is 0 Å². The molecule has 1 aromatic rings. The van der Waals surface area contributed by atoms with E-state index >= 15 is 0 Å². The number of hydrogen-bond acceptors (Lipinski definition) is 0. The highest BCUT2D eigenvalue weighted by Gasteiger charge is 2.26. The van der Waals surface area contributed by atoms with Gasteiger partial charge in [-0.3, -0.25) is 0 Å². The molecule has 0 bridgehead atoms. The lowest BCUT2D eigenvalue weighted by atomic mass is 10.2. The van der Waals surface area contributed by atoms with E-state index in [4.69, 9.17) is 0 Å². The summed E-state index contributed by atoms with van der Waals surface area (Å²) in [5.41, 5.74) is 1.38. The van der Waals surface area contributed by atoms with E-state index in [1.54, 1.807) is 4.90 Å². The first kappa shape index (κ1) is 8.18. The summed E-state index contributed by atoms with van der Waals surface area (Å²) in [4.78, 5) is 1.58. The Balaban J connectivity index is 2.17. The number of aryl methyl sites for hydroxylation is 1. The Hall–Kier alpha value is -0.430. The molecule has 0 N–H and O–H groups in total. The quantitative estimate of drug-likeness (QED) is 0.582. The average Bonchev–Trinajstić information content (AvgIpc) is 2.58. The van der Waals surface area contributed by atoms with Crippen molar-refractivity contribution in [1.82, 2.24) is 0 Å². The Bertz CT molecular complexity index is 244. The lowest BCUT2D eigenvalue weighted by Gasteiger charge is -1.99. The summed E-state index contributed by atoms with van der Waals surface area (Å²) in [5, 5.41) is 0. The highest BCUT2D eigenvalue weighted by atomic mass is 32.2. The van der Waals surface area contributed by atoms with Gasteiger partial charge in [0.25, 0.3) is 0 Å². The molecule has 0 aromatic heterocycles.